The van der Waals surface area contributed by atoms with E-state index in [0.29, 0.717) is 16.5 Å². The first-order chi connectivity index (χ1) is 10.1. The van der Waals surface area contributed by atoms with E-state index in [9.17, 15) is 4.79 Å². The second-order valence-electron chi connectivity index (χ2n) is 5.63. The maximum Gasteiger partial charge on any atom is 0.227 e. The summed E-state index contributed by atoms with van der Waals surface area (Å²) in [5, 5.41) is 4.41. The number of carbonyl (C=O) groups is 1. The normalized spacial score (nSPS) is 16.2. The van der Waals surface area contributed by atoms with Gasteiger partial charge in [0.25, 0.3) is 0 Å². The highest BCUT2D eigenvalue weighted by Gasteiger charge is 2.22. The Morgan fingerprint density at radius 2 is 2.05 bits per heavy atom. The number of benzene rings is 1. The number of halogens is 2. The van der Waals surface area contributed by atoms with Crippen LogP contribution in [-0.2, 0) is 11.2 Å². The van der Waals surface area contributed by atoms with E-state index in [-0.39, 0.29) is 5.91 Å². The number of hydrogen-bond acceptors (Lipinski definition) is 2. The Bertz CT molecular complexity index is 485. The first-order valence-corrected chi connectivity index (χ1v) is 8.22. The smallest absolute Gasteiger partial charge is 0.227 e. The average molecular weight is 329 g/mol. The van der Waals surface area contributed by atoms with Gasteiger partial charge in [-0.15, -0.1) is 0 Å². The van der Waals surface area contributed by atoms with Crippen molar-refractivity contribution in [3.8, 4) is 0 Å². The Balaban J connectivity index is 1.86. The summed E-state index contributed by atoms with van der Waals surface area (Å²) in [6.45, 7) is 2.76. The summed E-state index contributed by atoms with van der Waals surface area (Å²) in [6.07, 6.45) is 3.71. The van der Waals surface area contributed by atoms with Crippen LogP contribution in [0.3, 0.4) is 0 Å². The molecule has 5 heteroatoms. The summed E-state index contributed by atoms with van der Waals surface area (Å²) in [5.74, 6) is 0.877. The van der Waals surface area contributed by atoms with E-state index in [4.69, 9.17) is 23.2 Å². The predicted molar refractivity (Wildman–Crippen MR) is 88.0 cm³/mol. The van der Waals surface area contributed by atoms with E-state index in [1.54, 1.807) is 18.2 Å². The molecule has 0 aromatic heterocycles. The van der Waals surface area contributed by atoms with Crippen molar-refractivity contribution in [3.05, 3.63) is 33.8 Å². The summed E-state index contributed by atoms with van der Waals surface area (Å²) in [6, 6.07) is 5.27. The lowest BCUT2D eigenvalue weighted by atomic mass is 9.93. The van der Waals surface area contributed by atoms with Gasteiger partial charge in [-0.05, 0) is 62.5 Å². The van der Waals surface area contributed by atoms with E-state index < -0.39 is 0 Å². The van der Waals surface area contributed by atoms with Gasteiger partial charge < -0.3 is 10.2 Å². The van der Waals surface area contributed by atoms with Crippen LogP contribution >= 0.6 is 23.2 Å². The van der Waals surface area contributed by atoms with Gasteiger partial charge in [-0.1, -0.05) is 23.2 Å². The zero-order chi connectivity index (χ0) is 15.2. The maximum atomic E-state index is 12.4. The molecular formula is C16H22Cl2N2O. The summed E-state index contributed by atoms with van der Waals surface area (Å²) < 4.78 is 0. The number of hydrogen-bond donors (Lipinski definition) is 1. The highest BCUT2D eigenvalue weighted by molar-refractivity contribution is 6.33. The molecule has 2 rings (SSSR count). The van der Waals surface area contributed by atoms with Crippen molar-refractivity contribution in [1.29, 1.82) is 0 Å². The Hall–Kier alpha value is -0.770. The topological polar surface area (TPSA) is 32.3 Å². The second-order valence-corrected chi connectivity index (χ2v) is 6.47. The highest BCUT2D eigenvalue weighted by atomic mass is 35.5. The van der Waals surface area contributed by atoms with E-state index >= 15 is 0 Å². The number of amides is 1. The van der Waals surface area contributed by atoms with Gasteiger partial charge in [-0.25, -0.2) is 0 Å². The molecule has 1 saturated heterocycles. The SMILES string of the molecule is CNCCC1CCN(C(=O)Cc2cc(Cl)ccc2Cl)CC1. The first-order valence-electron chi connectivity index (χ1n) is 7.46. The number of nitrogens with one attached hydrogen (secondary N) is 1. The van der Waals surface area contributed by atoms with Gasteiger partial charge in [0.15, 0.2) is 0 Å². The van der Waals surface area contributed by atoms with E-state index in [0.717, 1.165) is 44.0 Å². The molecule has 1 aliphatic heterocycles. The van der Waals surface area contributed by atoms with Crippen molar-refractivity contribution >= 4 is 29.1 Å². The van der Waals surface area contributed by atoms with Gasteiger partial charge in [0.1, 0.15) is 0 Å². The molecule has 0 atom stereocenters. The number of rotatable bonds is 5. The minimum atomic E-state index is 0.145. The Kier molecular flexibility index (Phi) is 6.34. The monoisotopic (exact) mass is 328 g/mol. The van der Waals surface area contributed by atoms with Gasteiger partial charge in [-0.3, -0.25) is 4.79 Å². The Labute approximate surface area is 136 Å². The molecule has 1 amide bonds. The molecule has 0 radical (unpaired) electrons. The molecular weight excluding hydrogens is 307 g/mol. The molecule has 0 spiro atoms. The van der Waals surface area contributed by atoms with Crippen molar-refractivity contribution in [2.24, 2.45) is 5.92 Å². The van der Waals surface area contributed by atoms with Crippen LogP contribution in [0.2, 0.25) is 10.0 Å². The highest BCUT2D eigenvalue weighted by Crippen LogP contribution is 2.24. The maximum absolute atomic E-state index is 12.4. The largest absolute Gasteiger partial charge is 0.342 e. The van der Waals surface area contributed by atoms with Crippen LogP contribution in [-0.4, -0.2) is 37.5 Å². The number of nitrogens with zero attached hydrogens (tertiary/aromatic N) is 1. The lowest BCUT2D eigenvalue weighted by molar-refractivity contribution is -0.131. The van der Waals surface area contributed by atoms with Crippen LogP contribution in [0.15, 0.2) is 18.2 Å². The fourth-order valence-electron chi connectivity index (χ4n) is 2.77. The zero-order valence-corrected chi connectivity index (χ0v) is 13.9. The molecule has 1 aromatic rings. The second kappa shape index (κ2) is 8.02. The van der Waals surface area contributed by atoms with Crippen LogP contribution in [0.1, 0.15) is 24.8 Å². The van der Waals surface area contributed by atoms with Crippen LogP contribution < -0.4 is 5.32 Å². The molecule has 1 aromatic carbocycles. The molecule has 1 aliphatic rings. The Morgan fingerprint density at radius 1 is 1.33 bits per heavy atom. The molecule has 0 bridgehead atoms. The van der Waals surface area contributed by atoms with E-state index in [1.807, 2.05) is 11.9 Å². The molecule has 0 unspecified atom stereocenters. The minimum absolute atomic E-state index is 0.145. The quantitative estimate of drug-likeness (QED) is 0.898. The predicted octanol–water partition coefficient (Wildman–Crippen LogP) is 3.38. The standard InChI is InChI=1S/C16H22Cl2N2O/c1-19-7-4-12-5-8-20(9-6-12)16(21)11-13-10-14(17)2-3-15(13)18/h2-3,10,12,19H,4-9,11H2,1H3. The average Bonchev–Trinajstić information content (AvgIpc) is 2.49. The van der Waals surface area contributed by atoms with Crippen molar-refractivity contribution in [1.82, 2.24) is 10.2 Å². The van der Waals surface area contributed by atoms with Gasteiger partial charge >= 0.3 is 0 Å². The number of carbonyl (C=O) groups excluding carboxylic acids is 1. The Morgan fingerprint density at radius 3 is 2.71 bits per heavy atom. The molecule has 116 valence electrons. The minimum Gasteiger partial charge on any atom is -0.342 e. The van der Waals surface area contributed by atoms with Crippen molar-refractivity contribution < 1.29 is 4.79 Å². The third-order valence-corrected chi connectivity index (χ3v) is 4.72. The third-order valence-electron chi connectivity index (χ3n) is 4.12. The van der Waals surface area contributed by atoms with Crippen LogP contribution in [0.5, 0.6) is 0 Å². The summed E-state index contributed by atoms with van der Waals surface area (Å²) in [7, 11) is 1.98. The van der Waals surface area contributed by atoms with E-state index in [2.05, 4.69) is 5.32 Å². The lowest BCUT2D eigenvalue weighted by Crippen LogP contribution is -2.39. The molecule has 21 heavy (non-hydrogen) atoms. The molecule has 1 heterocycles. The number of likely N-dealkylation sites (tertiary alicyclic amines) is 1. The third kappa shape index (κ3) is 4.87. The van der Waals surface area contributed by atoms with Crippen molar-refractivity contribution in [2.45, 2.75) is 25.7 Å². The van der Waals surface area contributed by atoms with Gasteiger partial charge in [0.2, 0.25) is 5.91 Å². The summed E-state index contributed by atoms with van der Waals surface area (Å²) in [4.78, 5) is 14.3. The van der Waals surface area contributed by atoms with Crippen molar-refractivity contribution in [2.75, 3.05) is 26.7 Å². The molecule has 1 fully saturated rings. The van der Waals surface area contributed by atoms with Crippen LogP contribution in [0.25, 0.3) is 0 Å². The summed E-state index contributed by atoms with van der Waals surface area (Å²) in [5.41, 5.74) is 0.812. The van der Waals surface area contributed by atoms with Gasteiger partial charge in [0.05, 0.1) is 6.42 Å². The lowest BCUT2D eigenvalue weighted by Gasteiger charge is -2.32. The van der Waals surface area contributed by atoms with Crippen molar-refractivity contribution in [3.63, 3.8) is 0 Å². The van der Waals surface area contributed by atoms with Gasteiger partial charge in [-0.2, -0.15) is 0 Å². The molecule has 0 saturated carbocycles. The fraction of sp³-hybridized carbons (Fsp3) is 0.562. The summed E-state index contributed by atoms with van der Waals surface area (Å²) >= 11 is 12.1. The van der Waals surface area contributed by atoms with E-state index in [1.165, 1.54) is 6.42 Å². The van der Waals surface area contributed by atoms with Crippen LogP contribution in [0.4, 0.5) is 0 Å². The number of piperidine rings is 1. The fourth-order valence-corrected chi connectivity index (χ4v) is 3.15. The molecule has 3 nitrogen and oxygen atoms in total. The van der Waals surface area contributed by atoms with Gasteiger partial charge in [0, 0.05) is 23.1 Å². The van der Waals surface area contributed by atoms with Crippen LogP contribution in [0, 0.1) is 5.92 Å². The first kappa shape index (κ1) is 16.6. The molecule has 1 N–H and O–H groups in total. The zero-order valence-electron chi connectivity index (χ0n) is 12.4. The molecule has 0 aliphatic carbocycles.